The molecule has 1 aliphatic rings. The van der Waals surface area contributed by atoms with Crippen LogP contribution in [0.2, 0.25) is 0 Å². The molecule has 1 unspecified atom stereocenters. The molecule has 0 spiro atoms. The predicted octanol–water partition coefficient (Wildman–Crippen LogP) is 2.78. The lowest BCUT2D eigenvalue weighted by molar-refractivity contribution is -0.140. The van der Waals surface area contributed by atoms with Gasteiger partial charge in [0.25, 0.3) is 0 Å². The number of nitrogens with one attached hydrogen (secondary N) is 3. The highest BCUT2D eigenvalue weighted by molar-refractivity contribution is 5.89. The third-order valence-electron chi connectivity index (χ3n) is 4.34. The second kappa shape index (κ2) is 7.42. The van der Waals surface area contributed by atoms with E-state index in [2.05, 4.69) is 15.6 Å². The fourth-order valence-electron chi connectivity index (χ4n) is 2.97. The maximum atomic E-state index is 13.1. The Morgan fingerprint density at radius 3 is 2.52 bits per heavy atom. The van der Waals surface area contributed by atoms with E-state index in [4.69, 9.17) is 0 Å². The van der Waals surface area contributed by atoms with Gasteiger partial charge in [0.05, 0.1) is 0 Å². The van der Waals surface area contributed by atoms with Gasteiger partial charge in [-0.25, -0.2) is 4.39 Å². The Morgan fingerprint density at radius 2 is 1.93 bits per heavy atom. The Morgan fingerprint density at radius 1 is 1.22 bits per heavy atom. The zero-order chi connectivity index (χ0) is 19.6. The SMILES string of the molecule is O=C(CCc1cc(C(F)(F)F)[nH]c1-c1ccc(F)cc1)NC1CCNC1=O. The highest BCUT2D eigenvalue weighted by Gasteiger charge is 2.34. The largest absolute Gasteiger partial charge is 0.431 e. The lowest BCUT2D eigenvalue weighted by Crippen LogP contribution is -2.40. The quantitative estimate of drug-likeness (QED) is 0.695. The summed E-state index contributed by atoms with van der Waals surface area (Å²) in [7, 11) is 0. The van der Waals surface area contributed by atoms with E-state index in [1.165, 1.54) is 12.1 Å². The van der Waals surface area contributed by atoms with E-state index in [1.54, 1.807) is 0 Å². The minimum absolute atomic E-state index is 0.0411. The van der Waals surface area contributed by atoms with Crippen molar-refractivity contribution < 1.29 is 27.2 Å². The summed E-state index contributed by atoms with van der Waals surface area (Å²) < 4.78 is 52.3. The molecule has 144 valence electrons. The molecule has 27 heavy (non-hydrogen) atoms. The van der Waals surface area contributed by atoms with Gasteiger partial charge >= 0.3 is 6.18 Å². The smallest absolute Gasteiger partial charge is 0.354 e. The predicted molar refractivity (Wildman–Crippen MR) is 89.1 cm³/mol. The number of H-pyrrole nitrogens is 1. The van der Waals surface area contributed by atoms with Gasteiger partial charge in [-0.15, -0.1) is 0 Å². The van der Waals surface area contributed by atoms with Gasteiger partial charge in [-0.3, -0.25) is 9.59 Å². The summed E-state index contributed by atoms with van der Waals surface area (Å²) in [5.41, 5.74) is -0.0708. The number of alkyl halides is 3. The third-order valence-corrected chi connectivity index (χ3v) is 4.34. The van der Waals surface area contributed by atoms with E-state index in [-0.39, 0.29) is 24.4 Å². The number of aromatic nitrogens is 1. The van der Waals surface area contributed by atoms with Gasteiger partial charge in [0.1, 0.15) is 17.6 Å². The van der Waals surface area contributed by atoms with Crippen molar-refractivity contribution in [2.75, 3.05) is 6.54 Å². The standard InChI is InChI=1S/C18H17F4N3O2/c19-12-4-1-10(2-5-12)16-11(9-14(25-16)18(20,21)22)3-6-15(26)24-13-7-8-23-17(13)27/h1-2,4-5,9,13,25H,3,6-8H2,(H,23,27)(H,24,26). The van der Waals surface area contributed by atoms with Crippen LogP contribution in [0.3, 0.4) is 0 Å². The van der Waals surface area contributed by atoms with E-state index in [0.717, 1.165) is 18.2 Å². The number of carbonyl (C=O) groups is 2. The lowest BCUT2D eigenvalue weighted by Gasteiger charge is -2.10. The van der Waals surface area contributed by atoms with E-state index in [1.807, 2.05) is 0 Å². The first-order chi connectivity index (χ1) is 12.7. The van der Waals surface area contributed by atoms with Crippen LogP contribution in [0.5, 0.6) is 0 Å². The van der Waals surface area contributed by atoms with Crippen molar-refractivity contribution in [1.29, 1.82) is 0 Å². The normalized spacial score (nSPS) is 17.0. The number of rotatable bonds is 5. The first kappa shape index (κ1) is 18.9. The molecule has 1 atom stereocenters. The van der Waals surface area contributed by atoms with Crippen LogP contribution in [0.15, 0.2) is 30.3 Å². The van der Waals surface area contributed by atoms with Crippen LogP contribution in [0.25, 0.3) is 11.3 Å². The topological polar surface area (TPSA) is 74.0 Å². The number of aromatic amines is 1. The Labute approximate surface area is 152 Å². The number of amides is 2. The molecule has 1 fully saturated rings. The zero-order valence-electron chi connectivity index (χ0n) is 14.1. The molecule has 5 nitrogen and oxygen atoms in total. The van der Waals surface area contributed by atoms with Crippen LogP contribution in [-0.4, -0.2) is 29.4 Å². The summed E-state index contributed by atoms with van der Waals surface area (Å²) in [6, 6.07) is 5.39. The van der Waals surface area contributed by atoms with Gasteiger partial charge in [-0.05, 0) is 54.3 Å². The average Bonchev–Trinajstić information content (AvgIpc) is 3.20. The fourth-order valence-corrected chi connectivity index (χ4v) is 2.97. The van der Waals surface area contributed by atoms with Crippen molar-refractivity contribution in [1.82, 2.24) is 15.6 Å². The highest BCUT2D eigenvalue weighted by atomic mass is 19.4. The molecular weight excluding hydrogens is 366 g/mol. The van der Waals surface area contributed by atoms with Crippen LogP contribution >= 0.6 is 0 Å². The van der Waals surface area contributed by atoms with Crippen molar-refractivity contribution in [3.63, 3.8) is 0 Å². The van der Waals surface area contributed by atoms with E-state index < -0.39 is 29.6 Å². The summed E-state index contributed by atoms with van der Waals surface area (Å²) in [6.45, 7) is 0.477. The van der Waals surface area contributed by atoms with Crippen molar-refractivity contribution in [3.05, 3.63) is 47.4 Å². The third kappa shape index (κ3) is 4.47. The highest BCUT2D eigenvalue weighted by Crippen LogP contribution is 2.34. The summed E-state index contributed by atoms with van der Waals surface area (Å²) in [4.78, 5) is 25.8. The van der Waals surface area contributed by atoms with Gasteiger partial charge in [0.15, 0.2) is 0 Å². The molecule has 1 aliphatic heterocycles. The number of halogens is 4. The second-order valence-corrected chi connectivity index (χ2v) is 6.29. The van der Waals surface area contributed by atoms with Crippen LogP contribution in [-0.2, 0) is 22.2 Å². The first-order valence-electron chi connectivity index (χ1n) is 8.36. The molecule has 9 heteroatoms. The van der Waals surface area contributed by atoms with E-state index in [0.29, 0.717) is 24.1 Å². The van der Waals surface area contributed by atoms with Gasteiger partial charge in [-0.2, -0.15) is 13.2 Å². The number of carbonyl (C=O) groups excluding carboxylic acids is 2. The summed E-state index contributed by atoms with van der Waals surface area (Å²) in [6.07, 6.45) is -4.13. The van der Waals surface area contributed by atoms with Gasteiger partial charge in [0, 0.05) is 18.7 Å². The molecule has 3 N–H and O–H groups in total. The molecule has 2 amide bonds. The molecule has 2 heterocycles. The molecule has 2 aromatic rings. The van der Waals surface area contributed by atoms with Gasteiger partial charge in [-0.1, -0.05) is 0 Å². The molecule has 1 aromatic heterocycles. The number of hydrogen-bond donors (Lipinski definition) is 3. The summed E-state index contributed by atoms with van der Waals surface area (Å²) in [5, 5.41) is 5.16. The summed E-state index contributed by atoms with van der Waals surface area (Å²) >= 11 is 0. The molecule has 0 aliphatic carbocycles. The van der Waals surface area contributed by atoms with Crippen molar-refractivity contribution >= 4 is 11.8 Å². The van der Waals surface area contributed by atoms with Crippen molar-refractivity contribution in [2.24, 2.45) is 0 Å². The molecule has 0 bridgehead atoms. The fraction of sp³-hybridized carbons (Fsp3) is 0.333. The Hall–Kier alpha value is -2.84. The van der Waals surface area contributed by atoms with Crippen LogP contribution < -0.4 is 10.6 Å². The molecule has 1 saturated heterocycles. The number of hydrogen-bond acceptors (Lipinski definition) is 2. The van der Waals surface area contributed by atoms with Crippen LogP contribution in [0.4, 0.5) is 17.6 Å². The Kier molecular flexibility index (Phi) is 5.20. The van der Waals surface area contributed by atoms with E-state index in [9.17, 15) is 27.2 Å². The van der Waals surface area contributed by atoms with E-state index >= 15 is 0 Å². The molecule has 0 radical (unpaired) electrons. The van der Waals surface area contributed by atoms with Crippen LogP contribution in [0.1, 0.15) is 24.1 Å². The molecule has 3 rings (SSSR count). The molecule has 0 saturated carbocycles. The van der Waals surface area contributed by atoms with Gasteiger partial charge in [0.2, 0.25) is 11.8 Å². The zero-order valence-corrected chi connectivity index (χ0v) is 14.1. The van der Waals surface area contributed by atoms with Crippen molar-refractivity contribution in [3.8, 4) is 11.3 Å². The maximum Gasteiger partial charge on any atom is 0.431 e. The average molecular weight is 383 g/mol. The monoisotopic (exact) mass is 383 g/mol. The lowest BCUT2D eigenvalue weighted by atomic mass is 10.0. The Bertz CT molecular complexity index is 843. The molecular formula is C18H17F4N3O2. The van der Waals surface area contributed by atoms with Crippen molar-refractivity contribution in [2.45, 2.75) is 31.5 Å². The van der Waals surface area contributed by atoms with Gasteiger partial charge < -0.3 is 15.6 Å². The Balaban J connectivity index is 1.76. The first-order valence-corrected chi connectivity index (χ1v) is 8.36. The number of aryl methyl sites for hydroxylation is 1. The molecule has 1 aromatic carbocycles. The number of benzene rings is 1. The summed E-state index contributed by atoms with van der Waals surface area (Å²) in [5.74, 6) is -1.19. The van der Waals surface area contributed by atoms with Crippen LogP contribution in [0, 0.1) is 5.82 Å². The second-order valence-electron chi connectivity index (χ2n) is 6.29. The maximum absolute atomic E-state index is 13.1. The minimum atomic E-state index is -4.57. The minimum Gasteiger partial charge on any atom is -0.354 e.